The van der Waals surface area contributed by atoms with E-state index in [0.29, 0.717) is 17.8 Å². The van der Waals surface area contributed by atoms with Crippen LogP contribution in [-0.2, 0) is 9.59 Å². The fraction of sp³-hybridized carbons (Fsp3) is 0.688. The number of carbonyl (C=O) groups is 2. The number of unbranched alkanes of at least 4 members (excludes halogenated alkanes) is 1. The molecule has 36 heavy (non-hydrogen) atoms. The molecular weight excluding hydrogens is 464 g/mol. The second kappa shape index (κ2) is 11.6. The highest BCUT2D eigenvalue weighted by molar-refractivity contribution is 8.13. The highest BCUT2D eigenvalue weighted by atomic mass is 32.2. The minimum absolute atomic E-state index is 0.0382. The molecule has 3 nitrogen and oxygen atoms in total. The Morgan fingerprint density at radius 1 is 1.17 bits per heavy atom. The lowest BCUT2D eigenvalue weighted by atomic mass is 9.61. The van der Waals surface area contributed by atoms with Gasteiger partial charge in [0.2, 0.25) is 5.12 Å². The first kappa shape index (κ1) is 27.6. The third kappa shape index (κ3) is 5.70. The number of rotatable bonds is 9. The Labute approximate surface area is 223 Å². The summed E-state index contributed by atoms with van der Waals surface area (Å²) in [5.74, 6) is 2.37. The standard InChI is InChI=1S/C32H46O3S/c1-5-6-20-36-30(35)32(18-19-32)29(34)16-10-22(2)26-14-15-27-25(8-7-17-31(26,27)4)13-12-24-11-9-23(3)28(33)21-24/h10,12-13,16,22,26-28,33H,3,5-9,11,14-15,17-21H2,1-2,4H3/b16-10+,24-12-,25-13+. The molecule has 4 fully saturated rings. The molecule has 4 saturated carbocycles. The molecule has 0 aromatic carbocycles. The molecule has 4 aliphatic carbocycles. The Hall–Kier alpha value is -1.39. The van der Waals surface area contributed by atoms with Crippen molar-refractivity contribution in [2.75, 3.05) is 5.75 Å². The molecule has 0 aliphatic heterocycles. The first-order valence-corrected chi connectivity index (χ1v) is 15.3. The van der Waals surface area contributed by atoms with Gasteiger partial charge in [-0.25, -0.2) is 0 Å². The van der Waals surface area contributed by atoms with E-state index in [2.05, 4.69) is 45.6 Å². The second-order valence-corrected chi connectivity index (χ2v) is 13.3. The molecule has 0 aromatic heterocycles. The van der Waals surface area contributed by atoms with Crippen LogP contribution in [0.3, 0.4) is 0 Å². The summed E-state index contributed by atoms with van der Waals surface area (Å²) in [5.41, 5.74) is 3.44. The lowest BCUT2D eigenvalue weighted by Gasteiger charge is -2.44. The van der Waals surface area contributed by atoms with Crippen LogP contribution in [0.1, 0.15) is 97.8 Å². The van der Waals surface area contributed by atoms with Gasteiger partial charge in [-0.1, -0.05) is 74.9 Å². The number of allylic oxidation sites excluding steroid dienone is 5. The fourth-order valence-electron chi connectivity index (χ4n) is 7.16. The summed E-state index contributed by atoms with van der Waals surface area (Å²) in [6, 6.07) is 0. The minimum Gasteiger partial charge on any atom is -0.388 e. The van der Waals surface area contributed by atoms with Crippen LogP contribution in [0.2, 0.25) is 0 Å². The van der Waals surface area contributed by atoms with Crippen LogP contribution in [-0.4, -0.2) is 27.9 Å². The van der Waals surface area contributed by atoms with Crippen LogP contribution in [0, 0.1) is 28.6 Å². The summed E-state index contributed by atoms with van der Waals surface area (Å²) >= 11 is 1.37. The van der Waals surface area contributed by atoms with Crippen molar-refractivity contribution in [1.82, 2.24) is 0 Å². The van der Waals surface area contributed by atoms with Crippen LogP contribution in [0.25, 0.3) is 0 Å². The van der Waals surface area contributed by atoms with Gasteiger partial charge in [-0.05, 0) is 105 Å². The third-order valence-electron chi connectivity index (χ3n) is 9.79. The van der Waals surface area contributed by atoms with Gasteiger partial charge in [0.1, 0.15) is 5.41 Å². The van der Waals surface area contributed by atoms with E-state index in [1.807, 2.05) is 0 Å². The van der Waals surface area contributed by atoms with E-state index in [1.54, 1.807) is 11.6 Å². The summed E-state index contributed by atoms with van der Waals surface area (Å²) in [6.45, 7) is 10.9. The number of fused-ring (bicyclic) bond motifs is 1. The third-order valence-corrected chi connectivity index (χ3v) is 10.9. The maximum absolute atomic E-state index is 13.1. The van der Waals surface area contributed by atoms with E-state index in [-0.39, 0.29) is 22.4 Å². The molecule has 4 rings (SSSR count). The molecule has 1 N–H and O–H groups in total. The average molecular weight is 511 g/mol. The predicted octanol–water partition coefficient (Wildman–Crippen LogP) is 7.76. The Bertz CT molecular complexity index is 952. The zero-order chi connectivity index (χ0) is 25.9. The van der Waals surface area contributed by atoms with Crippen molar-refractivity contribution in [2.24, 2.45) is 28.6 Å². The number of thioether (sulfide) groups is 1. The van der Waals surface area contributed by atoms with Gasteiger partial charge < -0.3 is 5.11 Å². The molecule has 0 spiro atoms. The molecule has 0 aromatic rings. The van der Waals surface area contributed by atoms with Crippen LogP contribution in [0.15, 0.2) is 47.6 Å². The molecule has 198 valence electrons. The number of hydrogen-bond donors (Lipinski definition) is 1. The lowest BCUT2D eigenvalue weighted by Crippen LogP contribution is -2.35. The van der Waals surface area contributed by atoms with Gasteiger partial charge >= 0.3 is 0 Å². The van der Waals surface area contributed by atoms with Gasteiger partial charge in [0.05, 0.1) is 6.10 Å². The second-order valence-electron chi connectivity index (χ2n) is 12.2. The van der Waals surface area contributed by atoms with Gasteiger partial charge in [0.25, 0.3) is 0 Å². The summed E-state index contributed by atoms with van der Waals surface area (Å²) < 4.78 is 0. The van der Waals surface area contributed by atoms with Crippen molar-refractivity contribution in [2.45, 2.75) is 104 Å². The number of carbonyl (C=O) groups excluding carboxylic acids is 2. The van der Waals surface area contributed by atoms with Crippen LogP contribution in [0.5, 0.6) is 0 Å². The zero-order valence-corrected chi connectivity index (χ0v) is 23.5. The van der Waals surface area contributed by atoms with Crippen LogP contribution < -0.4 is 0 Å². The highest BCUT2D eigenvalue weighted by Crippen LogP contribution is 2.59. The largest absolute Gasteiger partial charge is 0.388 e. The molecule has 4 heteroatoms. The van der Waals surface area contributed by atoms with E-state index < -0.39 is 5.41 Å². The number of hydrogen-bond acceptors (Lipinski definition) is 4. The van der Waals surface area contributed by atoms with Gasteiger partial charge in [0.15, 0.2) is 5.78 Å². The van der Waals surface area contributed by atoms with Crippen LogP contribution in [0.4, 0.5) is 0 Å². The van der Waals surface area contributed by atoms with Gasteiger partial charge in [-0.15, -0.1) is 0 Å². The van der Waals surface area contributed by atoms with Crippen LogP contribution >= 0.6 is 11.8 Å². The van der Waals surface area contributed by atoms with Crippen molar-refractivity contribution in [3.8, 4) is 0 Å². The highest BCUT2D eigenvalue weighted by Gasteiger charge is 2.55. The summed E-state index contributed by atoms with van der Waals surface area (Å²) in [6.07, 6.45) is 20.4. The molecule has 5 unspecified atom stereocenters. The normalized spacial score (nSPS) is 34.8. The SMILES string of the molecule is C=C1CC/C(=C/C=C2\CCCC3(C)C2CCC3C(C)/C=C/C(=O)C2(C(=O)SCCCC)CC2)CC1O. The first-order valence-electron chi connectivity index (χ1n) is 14.4. The molecule has 0 amide bonds. The molecule has 0 bridgehead atoms. The number of aliphatic hydroxyl groups excluding tert-OH is 1. The molecule has 0 radical (unpaired) electrons. The fourth-order valence-corrected chi connectivity index (χ4v) is 8.36. The van der Waals surface area contributed by atoms with Crippen molar-refractivity contribution in [3.63, 3.8) is 0 Å². The van der Waals surface area contributed by atoms with Gasteiger partial charge in [0, 0.05) is 5.75 Å². The summed E-state index contributed by atoms with van der Waals surface area (Å²) in [5, 5.41) is 10.3. The minimum atomic E-state index is -0.718. The Balaban J connectivity index is 1.40. The molecule has 5 atom stereocenters. The maximum atomic E-state index is 13.1. The number of aliphatic hydroxyl groups is 1. The van der Waals surface area contributed by atoms with Gasteiger partial charge in [-0.3, -0.25) is 9.59 Å². The lowest BCUT2D eigenvalue weighted by molar-refractivity contribution is -0.127. The summed E-state index contributed by atoms with van der Waals surface area (Å²) in [7, 11) is 0. The molecular formula is C32H46O3S. The molecule has 0 saturated heterocycles. The maximum Gasteiger partial charge on any atom is 0.202 e. The Morgan fingerprint density at radius 3 is 2.64 bits per heavy atom. The Morgan fingerprint density at radius 2 is 1.94 bits per heavy atom. The Kier molecular flexibility index (Phi) is 8.87. The first-order chi connectivity index (χ1) is 17.2. The van der Waals surface area contributed by atoms with E-state index in [0.717, 1.165) is 56.3 Å². The van der Waals surface area contributed by atoms with Crippen molar-refractivity contribution >= 4 is 22.7 Å². The quantitative estimate of drug-likeness (QED) is 0.149. The monoisotopic (exact) mass is 510 g/mol. The molecule has 4 aliphatic rings. The predicted molar refractivity (Wildman–Crippen MR) is 151 cm³/mol. The zero-order valence-electron chi connectivity index (χ0n) is 22.7. The summed E-state index contributed by atoms with van der Waals surface area (Å²) in [4.78, 5) is 25.8. The van der Waals surface area contributed by atoms with E-state index in [9.17, 15) is 14.7 Å². The number of ketones is 1. The van der Waals surface area contributed by atoms with E-state index >= 15 is 0 Å². The average Bonchev–Trinajstić information content (AvgIpc) is 3.59. The smallest absolute Gasteiger partial charge is 0.202 e. The van der Waals surface area contributed by atoms with Crippen molar-refractivity contribution in [1.29, 1.82) is 0 Å². The molecule has 0 heterocycles. The van der Waals surface area contributed by atoms with Crippen molar-refractivity contribution in [3.05, 3.63) is 47.6 Å². The van der Waals surface area contributed by atoms with E-state index in [4.69, 9.17) is 0 Å². The topological polar surface area (TPSA) is 54.4 Å². The van der Waals surface area contributed by atoms with Crippen molar-refractivity contribution < 1.29 is 14.7 Å². The van der Waals surface area contributed by atoms with E-state index in [1.165, 1.54) is 49.4 Å². The van der Waals surface area contributed by atoms with Gasteiger partial charge in [-0.2, -0.15) is 0 Å².